The highest BCUT2D eigenvalue weighted by atomic mass is 19.1. The first-order valence-corrected chi connectivity index (χ1v) is 7.04. The van der Waals surface area contributed by atoms with Gasteiger partial charge in [-0.1, -0.05) is 17.3 Å². The van der Waals surface area contributed by atoms with Gasteiger partial charge in [0.15, 0.2) is 5.69 Å². The van der Waals surface area contributed by atoms with Crippen molar-refractivity contribution in [2.75, 3.05) is 6.54 Å². The number of hydrogen-bond donors (Lipinski definition) is 0. The number of nitrogens with zero attached hydrogens (tertiary/aromatic N) is 2. The molecule has 1 aliphatic heterocycles. The molecule has 0 N–H and O–H groups in total. The van der Waals surface area contributed by atoms with Crippen molar-refractivity contribution in [3.63, 3.8) is 0 Å². The monoisotopic (exact) mass is 288 g/mol. The van der Waals surface area contributed by atoms with E-state index in [1.54, 1.807) is 25.1 Å². The summed E-state index contributed by atoms with van der Waals surface area (Å²) in [6.45, 7) is 4.41. The summed E-state index contributed by atoms with van der Waals surface area (Å²) in [5.74, 6) is 0.512. The molecule has 4 nitrogen and oxygen atoms in total. The number of amides is 1. The van der Waals surface area contributed by atoms with Crippen LogP contribution < -0.4 is 0 Å². The molecule has 0 unspecified atom stereocenters. The smallest absolute Gasteiger partial charge is 0.276 e. The second kappa shape index (κ2) is 5.31. The summed E-state index contributed by atoms with van der Waals surface area (Å²) in [4.78, 5) is 14.3. The van der Waals surface area contributed by atoms with Gasteiger partial charge < -0.3 is 9.42 Å². The molecule has 2 atom stereocenters. The summed E-state index contributed by atoms with van der Waals surface area (Å²) in [5, 5.41) is 3.79. The van der Waals surface area contributed by atoms with Gasteiger partial charge in [0, 0.05) is 24.6 Å². The van der Waals surface area contributed by atoms with Crippen molar-refractivity contribution < 1.29 is 13.7 Å². The Labute approximate surface area is 122 Å². The molecule has 110 valence electrons. The van der Waals surface area contributed by atoms with Gasteiger partial charge in [-0.15, -0.1) is 0 Å². The summed E-state index contributed by atoms with van der Waals surface area (Å²) in [6, 6.07) is 8.30. The third-order valence-electron chi connectivity index (χ3n) is 4.02. The lowest BCUT2D eigenvalue weighted by molar-refractivity contribution is 0.0735. The first-order valence-electron chi connectivity index (χ1n) is 7.04. The van der Waals surface area contributed by atoms with Gasteiger partial charge >= 0.3 is 0 Å². The fraction of sp³-hybridized carbons (Fsp3) is 0.375. The highest BCUT2D eigenvalue weighted by Crippen LogP contribution is 2.32. The summed E-state index contributed by atoms with van der Waals surface area (Å²) >= 11 is 0. The SMILES string of the molecule is Cc1cc(C(=O)N2C[C@@H](c3ccc(F)cc3)C[C@@H]2C)no1. The van der Waals surface area contributed by atoms with Gasteiger partial charge in [0.1, 0.15) is 11.6 Å². The molecular formula is C16H17FN2O2. The van der Waals surface area contributed by atoms with E-state index in [9.17, 15) is 9.18 Å². The maximum Gasteiger partial charge on any atom is 0.276 e. The number of carbonyl (C=O) groups is 1. The first-order chi connectivity index (χ1) is 10.0. The minimum absolute atomic E-state index is 0.107. The van der Waals surface area contributed by atoms with E-state index in [4.69, 9.17) is 4.52 Å². The molecule has 1 amide bonds. The molecule has 5 heteroatoms. The van der Waals surface area contributed by atoms with Crippen molar-refractivity contribution in [3.05, 3.63) is 53.2 Å². The zero-order valence-electron chi connectivity index (χ0n) is 12.0. The van der Waals surface area contributed by atoms with E-state index in [-0.39, 0.29) is 23.7 Å². The van der Waals surface area contributed by atoms with E-state index in [1.807, 2.05) is 11.8 Å². The van der Waals surface area contributed by atoms with E-state index in [0.717, 1.165) is 12.0 Å². The zero-order valence-corrected chi connectivity index (χ0v) is 12.0. The topological polar surface area (TPSA) is 46.3 Å². The third kappa shape index (κ3) is 2.68. The number of rotatable bonds is 2. The van der Waals surface area contributed by atoms with Crippen LogP contribution in [-0.2, 0) is 0 Å². The molecule has 1 fully saturated rings. The highest BCUT2D eigenvalue weighted by Gasteiger charge is 2.34. The lowest BCUT2D eigenvalue weighted by Crippen LogP contribution is -2.34. The summed E-state index contributed by atoms with van der Waals surface area (Å²) in [7, 11) is 0. The highest BCUT2D eigenvalue weighted by molar-refractivity contribution is 5.92. The predicted molar refractivity (Wildman–Crippen MR) is 75.5 cm³/mol. The van der Waals surface area contributed by atoms with Gasteiger partial charge in [-0.25, -0.2) is 4.39 Å². The zero-order chi connectivity index (χ0) is 15.0. The molecule has 0 aliphatic carbocycles. The van der Waals surface area contributed by atoms with Gasteiger partial charge in [-0.05, 0) is 38.0 Å². The van der Waals surface area contributed by atoms with Crippen molar-refractivity contribution in [1.29, 1.82) is 0 Å². The van der Waals surface area contributed by atoms with Crippen molar-refractivity contribution >= 4 is 5.91 Å². The van der Waals surface area contributed by atoms with Crippen molar-refractivity contribution in [2.24, 2.45) is 0 Å². The summed E-state index contributed by atoms with van der Waals surface area (Å²) in [5.41, 5.74) is 1.41. The van der Waals surface area contributed by atoms with Gasteiger partial charge in [0.05, 0.1) is 0 Å². The molecule has 1 aromatic heterocycles. The average Bonchev–Trinajstić information content (AvgIpc) is 3.05. The van der Waals surface area contributed by atoms with Crippen LogP contribution in [0.1, 0.15) is 41.1 Å². The number of aromatic nitrogens is 1. The molecule has 0 bridgehead atoms. The Kier molecular flexibility index (Phi) is 3.49. The number of likely N-dealkylation sites (tertiary alicyclic amines) is 1. The Hall–Kier alpha value is -2.17. The molecule has 0 radical (unpaired) electrons. The number of carbonyl (C=O) groups excluding carboxylic acids is 1. The molecule has 0 spiro atoms. The van der Waals surface area contributed by atoms with Crippen LogP contribution in [0.5, 0.6) is 0 Å². The Morgan fingerprint density at radius 1 is 1.38 bits per heavy atom. The van der Waals surface area contributed by atoms with Crippen LogP contribution in [-0.4, -0.2) is 28.6 Å². The van der Waals surface area contributed by atoms with Gasteiger partial charge in [0.25, 0.3) is 5.91 Å². The maximum absolute atomic E-state index is 13.0. The van der Waals surface area contributed by atoms with E-state index < -0.39 is 0 Å². The van der Waals surface area contributed by atoms with Gasteiger partial charge in [0.2, 0.25) is 0 Å². The van der Waals surface area contributed by atoms with Crippen molar-refractivity contribution in [2.45, 2.75) is 32.2 Å². The second-order valence-corrected chi connectivity index (χ2v) is 5.61. The number of hydrogen-bond acceptors (Lipinski definition) is 3. The van der Waals surface area contributed by atoms with E-state index in [1.165, 1.54) is 12.1 Å². The molecule has 1 aromatic carbocycles. The fourth-order valence-corrected chi connectivity index (χ4v) is 2.90. The number of halogens is 1. The summed E-state index contributed by atoms with van der Waals surface area (Å²) < 4.78 is 18.0. The minimum Gasteiger partial charge on any atom is -0.361 e. The first kappa shape index (κ1) is 13.8. The molecular weight excluding hydrogens is 271 g/mol. The minimum atomic E-state index is -0.240. The van der Waals surface area contributed by atoms with Crippen LogP contribution in [0.4, 0.5) is 4.39 Å². The van der Waals surface area contributed by atoms with Crippen molar-refractivity contribution in [1.82, 2.24) is 10.1 Å². The fourth-order valence-electron chi connectivity index (χ4n) is 2.90. The molecule has 2 heterocycles. The lowest BCUT2D eigenvalue weighted by Gasteiger charge is -2.19. The molecule has 2 aromatic rings. The molecule has 1 saturated heterocycles. The Morgan fingerprint density at radius 2 is 2.10 bits per heavy atom. The molecule has 3 rings (SSSR count). The Balaban J connectivity index is 1.77. The van der Waals surface area contributed by atoms with Crippen LogP contribution in [0, 0.1) is 12.7 Å². The molecule has 0 saturated carbocycles. The normalized spacial score (nSPS) is 21.8. The quantitative estimate of drug-likeness (QED) is 0.853. The number of benzene rings is 1. The number of aryl methyl sites for hydroxylation is 1. The van der Waals surface area contributed by atoms with E-state index in [2.05, 4.69) is 5.16 Å². The van der Waals surface area contributed by atoms with Crippen LogP contribution in [0.15, 0.2) is 34.9 Å². The van der Waals surface area contributed by atoms with Crippen LogP contribution in [0.2, 0.25) is 0 Å². The average molecular weight is 288 g/mol. The largest absolute Gasteiger partial charge is 0.361 e. The van der Waals surface area contributed by atoms with Crippen LogP contribution >= 0.6 is 0 Å². The lowest BCUT2D eigenvalue weighted by atomic mass is 9.97. The maximum atomic E-state index is 13.0. The Morgan fingerprint density at radius 3 is 2.71 bits per heavy atom. The standard InChI is InChI=1S/C16H17FN2O2/c1-10-7-13(12-3-5-14(17)6-4-12)9-19(10)16(20)15-8-11(2)21-18-15/h3-6,8,10,13H,7,9H2,1-2H3/t10-,13-/m0/s1. The van der Waals surface area contributed by atoms with Crippen LogP contribution in [0.25, 0.3) is 0 Å². The van der Waals surface area contributed by atoms with E-state index >= 15 is 0 Å². The molecule has 21 heavy (non-hydrogen) atoms. The Bertz CT molecular complexity index is 651. The summed E-state index contributed by atoms with van der Waals surface area (Å²) in [6.07, 6.45) is 0.869. The van der Waals surface area contributed by atoms with Crippen LogP contribution in [0.3, 0.4) is 0 Å². The predicted octanol–water partition coefficient (Wildman–Crippen LogP) is 3.14. The van der Waals surface area contributed by atoms with E-state index in [0.29, 0.717) is 18.0 Å². The molecule has 1 aliphatic rings. The van der Waals surface area contributed by atoms with Crippen molar-refractivity contribution in [3.8, 4) is 0 Å². The van der Waals surface area contributed by atoms with Gasteiger partial charge in [-0.3, -0.25) is 4.79 Å². The third-order valence-corrected chi connectivity index (χ3v) is 4.02. The van der Waals surface area contributed by atoms with Gasteiger partial charge in [-0.2, -0.15) is 0 Å². The second-order valence-electron chi connectivity index (χ2n) is 5.61.